The first-order chi connectivity index (χ1) is 13.7. The van der Waals surface area contributed by atoms with E-state index >= 15 is 0 Å². The van der Waals surface area contributed by atoms with Gasteiger partial charge in [-0.25, -0.2) is 0 Å². The van der Waals surface area contributed by atoms with Crippen LogP contribution in [0.4, 0.5) is 0 Å². The zero-order chi connectivity index (χ0) is 22.4. The van der Waals surface area contributed by atoms with Crippen molar-refractivity contribution >= 4 is 11.9 Å². The van der Waals surface area contributed by atoms with Crippen LogP contribution < -0.4 is 0 Å². The van der Waals surface area contributed by atoms with Crippen molar-refractivity contribution in [3.05, 3.63) is 12.8 Å². The van der Waals surface area contributed by atoms with Gasteiger partial charge in [-0.15, -0.1) is 0 Å². The number of carboxylic acid groups (broad SMARTS) is 1. The maximum Gasteiger partial charge on any atom is 0.310 e. The lowest BCUT2D eigenvalue weighted by Gasteiger charge is -2.17. The summed E-state index contributed by atoms with van der Waals surface area (Å²) in [5.74, 6) is -0.982. The molecule has 0 aromatic carbocycles. The van der Waals surface area contributed by atoms with Gasteiger partial charge in [0.1, 0.15) is 0 Å². The number of ether oxygens (including phenoxy) is 1. The molecular weight excluding hydrogens is 364 g/mol. The molecule has 0 aromatic rings. The molecule has 0 rings (SSSR count). The molecule has 0 atom stereocenters. The van der Waals surface area contributed by atoms with Crippen LogP contribution in [0.1, 0.15) is 130 Å². The van der Waals surface area contributed by atoms with Crippen LogP contribution in [-0.4, -0.2) is 17.0 Å². The summed E-state index contributed by atoms with van der Waals surface area (Å²) in [7, 11) is 0. The van der Waals surface area contributed by atoms with Crippen LogP contribution in [0.2, 0.25) is 0 Å². The number of hydrogen-bond acceptors (Lipinski definition) is 3. The van der Waals surface area contributed by atoms with Crippen LogP contribution in [0.5, 0.6) is 0 Å². The van der Waals surface area contributed by atoms with Gasteiger partial charge in [-0.2, -0.15) is 0 Å². The fourth-order valence-electron chi connectivity index (χ4n) is 3.20. The average molecular weight is 413 g/mol. The van der Waals surface area contributed by atoms with Gasteiger partial charge in [0.15, 0.2) is 0 Å². The molecule has 0 radical (unpaired) electrons. The first-order valence-corrected chi connectivity index (χ1v) is 11.7. The Morgan fingerprint density at radius 2 is 1.07 bits per heavy atom. The van der Waals surface area contributed by atoms with Gasteiger partial charge in [0.25, 0.3) is 5.97 Å². The lowest BCUT2D eigenvalue weighted by molar-refractivity contribution is -0.138. The second-order valence-corrected chi connectivity index (χ2v) is 9.19. The minimum Gasteiger partial charge on any atom is -0.481 e. The maximum atomic E-state index is 11.1. The molecule has 0 spiro atoms. The van der Waals surface area contributed by atoms with E-state index in [9.17, 15) is 4.79 Å². The van der Waals surface area contributed by atoms with Crippen LogP contribution in [-0.2, 0) is 14.3 Å². The van der Waals surface area contributed by atoms with Crippen molar-refractivity contribution < 1.29 is 19.4 Å². The van der Waals surface area contributed by atoms with Crippen molar-refractivity contribution in [2.45, 2.75) is 130 Å². The fourth-order valence-corrected chi connectivity index (χ4v) is 3.20. The molecule has 0 aromatic heterocycles. The monoisotopic (exact) mass is 412 g/mol. The molecular formula is C25H48O4. The van der Waals surface area contributed by atoms with Gasteiger partial charge in [0, 0.05) is 13.3 Å². The highest BCUT2D eigenvalue weighted by Gasteiger charge is 2.08. The van der Waals surface area contributed by atoms with Crippen molar-refractivity contribution in [2.24, 2.45) is 5.41 Å². The molecule has 172 valence electrons. The van der Waals surface area contributed by atoms with Crippen LogP contribution in [0.25, 0.3) is 0 Å². The molecule has 0 amide bonds. The van der Waals surface area contributed by atoms with Crippen LogP contribution in [0, 0.1) is 5.41 Å². The van der Waals surface area contributed by atoms with E-state index in [1.807, 2.05) is 0 Å². The van der Waals surface area contributed by atoms with E-state index in [-0.39, 0.29) is 5.97 Å². The molecule has 1 N–H and O–H groups in total. The molecule has 0 saturated heterocycles. The highest BCUT2D eigenvalue weighted by atomic mass is 16.5. The van der Waals surface area contributed by atoms with E-state index in [1.54, 1.807) is 0 Å². The topological polar surface area (TPSA) is 63.6 Å². The third-order valence-corrected chi connectivity index (χ3v) is 4.77. The lowest BCUT2D eigenvalue weighted by atomic mass is 9.89. The van der Waals surface area contributed by atoms with Gasteiger partial charge in [0.05, 0.1) is 6.26 Å². The Hall–Kier alpha value is -1.32. The lowest BCUT2D eigenvalue weighted by Crippen LogP contribution is -2.03. The quantitative estimate of drug-likeness (QED) is 0.149. The van der Waals surface area contributed by atoms with Gasteiger partial charge in [-0.1, -0.05) is 111 Å². The Kier molecular flexibility index (Phi) is 22.0. The van der Waals surface area contributed by atoms with Crippen LogP contribution >= 0.6 is 0 Å². The smallest absolute Gasteiger partial charge is 0.310 e. The summed E-state index contributed by atoms with van der Waals surface area (Å²) in [6.45, 7) is 11.5. The zero-order valence-electron chi connectivity index (χ0n) is 19.8. The summed E-state index contributed by atoms with van der Waals surface area (Å²) < 4.78 is 4.70. The number of hydrogen-bond donors (Lipinski definition) is 1. The molecule has 0 fully saturated rings. The molecule has 4 heteroatoms. The predicted octanol–water partition coefficient (Wildman–Crippen LogP) is 8.05. The number of carbonyl (C=O) groups excluding carboxylic acids is 1. The molecule has 0 unspecified atom stereocenters. The van der Waals surface area contributed by atoms with Gasteiger partial charge in [0.2, 0.25) is 0 Å². The van der Waals surface area contributed by atoms with E-state index in [0.717, 1.165) is 19.8 Å². The largest absolute Gasteiger partial charge is 0.481 e. The molecule has 0 bridgehead atoms. The number of rotatable bonds is 17. The van der Waals surface area contributed by atoms with E-state index in [2.05, 4.69) is 27.4 Å². The summed E-state index contributed by atoms with van der Waals surface area (Å²) in [5.41, 5.74) is 0.511. The molecule has 4 nitrogen and oxygen atoms in total. The first kappa shape index (κ1) is 29.9. The van der Waals surface area contributed by atoms with Crippen LogP contribution in [0.3, 0.4) is 0 Å². The molecule has 29 heavy (non-hydrogen) atoms. The summed E-state index contributed by atoms with van der Waals surface area (Å²) in [6, 6.07) is 0. The average Bonchev–Trinajstić information content (AvgIpc) is 2.60. The minimum atomic E-state index is -0.833. The number of carboxylic acids is 1. The SMILES string of the molecule is C=COC(=O)CCCCCCCCCCCCCCCCC(C)(C)C.CC(=O)O. The Balaban J connectivity index is 0. The Morgan fingerprint density at radius 3 is 1.38 bits per heavy atom. The maximum absolute atomic E-state index is 11.1. The highest BCUT2D eigenvalue weighted by molar-refractivity contribution is 5.69. The van der Waals surface area contributed by atoms with E-state index < -0.39 is 5.97 Å². The third-order valence-electron chi connectivity index (χ3n) is 4.77. The second kappa shape index (κ2) is 21.4. The number of esters is 1. The molecule has 0 heterocycles. The van der Waals surface area contributed by atoms with Gasteiger partial charge in [-0.3, -0.25) is 9.59 Å². The predicted molar refractivity (Wildman–Crippen MR) is 123 cm³/mol. The van der Waals surface area contributed by atoms with Gasteiger partial charge >= 0.3 is 5.97 Å². The van der Waals surface area contributed by atoms with Crippen molar-refractivity contribution in [1.82, 2.24) is 0 Å². The number of unbranched alkanes of at least 4 members (excludes halogenated alkanes) is 13. The van der Waals surface area contributed by atoms with Crippen LogP contribution in [0.15, 0.2) is 12.8 Å². The van der Waals surface area contributed by atoms with Gasteiger partial charge in [-0.05, 0) is 18.3 Å². The standard InChI is InChI=1S/C23H44O2.C2H4O2/c1-5-25-22(24)20-18-16-14-12-10-8-6-7-9-11-13-15-17-19-21-23(2,3)4;1-2(3)4/h5H,1,6-21H2,2-4H3;1H3,(H,3,4). The Bertz CT molecular complexity index is 392. The summed E-state index contributed by atoms with van der Waals surface area (Å²) >= 11 is 0. The van der Waals surface area contributed by atoms with Crippen molar-refractivity contribution in [3.63, 3.8) is 0 Å². The van der Waals surface area contributed by atoms with E-state index in [1.165, 1.54) is 89.7 Å². The summed E-state index contributed by atoms with van der Waals surface area (Å²) in [5, 5.41) is 7.42. The number of aliphatic carboxylic acids is 1. The Labute approximate surface area is 180 Å². The molecule has 0 aliphatic carbocycles. The zero-order valence-corrected chi connectivity index (χ0v) is 19.8. The van der Waals surface area contributed by atoms with Crippen molar-refractivity contribution in [1.29, 1.82) is 0 Å². The minimum absolute atomic E-state index is 0.149. The summed E-state index contributed by atoms with van der Waals surface area (Å²) in [4.78, 5) is 20.1. The normalized spacial score (nSPS) is 10.8. The molecule has 0 aliphatic rings. The highest BCUT2D eigenvalue weighted by Crippen LogP contribution is 2.22. The second-order valence-electron chi connectivity index (χ2n) is 9.19. The molecule has 0 saturated carbocycles. The van der Waals surface area contributed by atoms with Crippen molar-refractivity contribution in [2.75, 3.05) is 0 Å². The third kappa shape index (κ3) is 34.6. The number of carbonyl (C=O) groups is 2. The summed E-state index contributed by atoms with van der Waals surface area (Å²) in [6.07, 6.45) is 21.8. The van der Waals surface area contributed by atoms with Gasteiger partial charge < -0.3 is 9.84 Å². The fraction of sp³-hybridized carbons (Fsp3) is 0.840. The van der Waals surface area contributed by atoms with E-state index in [4.69, 9.17) is 14.6 Å². The Morgan fingerprint density at radius 1 is 0.759 bits per heavy atom. The molecule has 0 aliphatic heterocycles. The van der Waals surface area contributed by atoms with Crippen molar-refractivity contribution in [3.8, 4) is 0 Å². The first-order valence-electron chi connectivity index (χ1n) is 11.7. The van der Waals surface area contributed by atoms with E-state index in [0.29, 0.717) is 11.8 Å².